The number of nitrogens with one attached hydrogen (secondary N) is 3. The summed E-state index contributed by atoms with van der Waals surface area (Å²) in [6.45, 7) is 19.7. The zero-order valence-electron chi connectivity index (χ0n) is 36.5. The largest absolute Gasteiger partial charge is 1.00 e. The van der Waals surface area contributed by atoms with E-state index in [0.29, 0.717) is 84.5 Å². The third kappa shape index (κ3) is 10.2. The van der Waals surface area contributed by atoms with Crippen molar-refractivity contribution in [2.45, 2.75) is 103 Å². The van der Waals surface area contributed by atoms with Gasteiger partial charge >= 0.3 is 29.6 Å². The number of aryl methyl sites for hydroxylation is 4. The fourth-order valence-electron chi connectivity index (χ4n) is 8.80. The SMILES string of the molecule is Cc1cc(C)c(S(=O)(=O)[O-])c(C)c1Nc1ccc2c(-c3ccccc3S(=O)(=O)NC(C)(C)CC(C)(C)C)c3ccc(=[NH+]c4c(C)cc(C)c(S(=O)(=O)[O-])c4C)cc-3oc2c1.[Na+]. The van der Waals surface area contributed by atoms with Crippen LogP contribution in [0.15, 0.2) is 91.9 Å². The molecule has 16 heteroatoms. The van der Waals surface area contributed by atoms with Gasteiger partial charge in [0, 0.05) is 62.2 Å². The van der Waals surface area contributed by atoms with Crippen molar-refractivity contribution < 1.29 is 73.3 Å². The number of fused-ring (bicyclic) bond motifs is 2. The fourth-order valence-corrected chi connectivity index (χ4v) is 12.3. The first-order valence-corrected chi connectivity index (χ1v) is 23.5. The van der Waals surface area contributed by atoms with Crippen LogP contribution in [0.1, 0.15) is 74.4 Å². The molecule has 61 heavy (non-hydrogen) atoms. The Morgan fingerprint density at radius 1 is 0.672 bits per heavy atom. The Labute approximate surface area is 381 Å². The Balaban J connectivity index is 0.00000704. The minimum atomic E-state index is -4.79. The number of benzene rings is 5. The van der Waals surface area contributed by atoms with Gasteiger partial charge in [0.25, 0.3) is 0 Å². The summed E-state index contributed by atoms with van der Waals surface area (Å²) >= 11 is 0. The van der Waals surface area contributed by atoms with E-state index in [-0.39, 0.29) is 60.8 Å². The number of hydrogen-bond acceptors (Lipinski definition) is 10. The molecule has 0 atom stereocenters. The van der Waals surface area contributed by atoms with Gasteiger partial charge in [0.2, 0.25) is 21.1 Å². The smallest absolute Gasteiger partial charge is 0.744 e. The van der Waals surface area contributed by atoms with Gasteiger partial charge in [-0.05, 0) is 120 Å². The Kier molecular flexibility index (Phi) is 13.4. The summed E-state index contributed by atoms with van der Waals surface area (Å²) in [6, 6.07) is 20.5. The molecule has 3 N–H and O–H groups in total. The summed E-state index contributed by atoms with van der Waals surface area (Å²) in [5.74, 6) is 0.342. The predicted molar refractivity (Wildman–Crippen MR) is 231 cm³/mol. The van der Waals surface area contributed by atoms with Crippen LogP contribution < -0.4 is 49.9 Å². The van der Waals surface area contributed by atoms with E-state index in [1.807, 2.05) is 34.6 Å². The summed E-state index contributed by atoms with van der Waals surface area (Å²) < 4.78 is 112. The average Bonchev–Trinajstić information content (AvgIpc) is 3.07. The van der Waals surface area contributed by atoms with Gasteiger partial charge in [-0.3, -0.25) is 0 Å². The van der Waals surface area contributed by atoms with E-state index < -0.39 is 35.8 Å². The third-order valence-electron chi connectivity index (χ3n) is 10.4. The second-order valence-corrected chi connectivity index (χ2v) is 21.7. The van der Waals surface area contributed by atoms with Gasteiger partial charge in [-0.25, -0.2) is 35.0 Å². The van der Waals surface area contributed by atoms with Gasteiger partial charge in [-0.2, -0.15) is 0 Å². The van der Waals surface area contributed by atoms with E-state index in [4.69, 9.17) is 4.42 Å². The summed E-state index contributed by atoms with van der Waals surface area (Å²) in [7, 11) is -13.7. The molecule has 0 saturated carbocycles. The number of anilines is 2. The van der Waals surface area contributed by atoms with E-state index in [9.17, 15) is 34.4 Å². The molecule has 6 rings (SSSR count). The molecule has 4 aromatic carbocycles. The van der Waals surface area contributed by atoms with Crippen LogP contribution >= 0.6 is 0 Å². The Hall–Kier alpha value is -3.90. The summed E-state index contributed by atoms with van der Waals surface area (Å²) in [5.41, 5.74) is 4.92. The molecule has 0 radical (unpaired) electrons. The standard InChI is InChI=1S/C45H51N3O9S3.Na/c1-25-20-27(3)42(59(51,52)53)29(5)40(25)46-31-16-18-33-36(22-31)57-37-23-32(47-41-26(2)21-28(4)43(30(41)6)60(54,55)56)17-19-34(37)39(33)35-14-12-13-15-38(35)58(49,50)48-45(10,11)24-44(7,8)9;/h12-23,46,48H,24H2,1-11H3,(H,51,52,53)(H,54,55,56);/q;+1/p-1. The number of sulfonamides is 1. The maximum absolute atomic E-state index is 14.4. The second-order valence-electron chi connectivity index (χ2n) is 17.5. The summed E-state index contributed by atoms with van der Waals surface area (Å²) in [6.07, 6.45) is 0.563. The third-order valence-corrected chi connectivity index (χ3v) is 14.4. The van der Waals surface area contributed by atoms with Crippen LogP contribution in [0.3, 0.4) is 0 Å². The molecule has 0 amide bonds. The molecule has 2 aliphatic rings. The van der Waals surface area contributed by atoms with Crippen molar-refractivity contribution in [1.82, 2.24) is 4.72 Å². The van der Waals surface area contributed by atoms with Crippen LogP contribution in [0, 0.1) is 47.0 Å². The van der Waals surface area contributed by atoms with Crippen LogP contribution in [-0.4, -0.2) is 39.9 Å². The molecule has 1 aliphatic heterocycles. The zero-order chi connectivity index (χ0) is 44.5. The van der Waals surface area contributed by atoms with E-state index in [1.54, 1.807) is 114 Å². The van der Waals surface area contributed by atoms with E-state index >= 15 is 0 Å². The van der Waals surface area contributed by atoms with Gasteiger partial charge in [0.05, 0.1) is 20.8 Å². The molecule has 0 unspecified atom stereocenters. The predicted octanol–water partition coefficient (Wildman–Crippen LogP) is 4.42. The molecule has 0 bridgehead atoms. The molecule has 1 heterocycles. The Bertz CT molecular complexity index is 3120. The topological polar surface area (TPSA) is 200 Å². The molecule has 4 aromatic rings. The maximum atomic E-state index is 14.4. The van der Waals surface area contributed by atoms with Crippen molar-refractivity contribution in [2.75, 3.05) is 5.32 Å². The Morgan fingerprint density at radius 2 is 1.26 bits per heavy atom. The second kappa shape index (κ2) is 17.0. The molecule has 0 aromatic heterocycles. The maximum Gasteiger partial charge on any atom is 1.00 e. The van der Waals surface area contributed by atoms with Gasteiger partial charge in [0.1, 0.15) is 31.6 Å². The minimum Gasteiger partial charge on any atom is -0.744 e. The monoisotopic (exact) mass is 895 g/mol. The van der Waals surface area contributed by atoms with Gasteiger partial charge in [0.15, 0.2) is 0 Å². The summed E-state index contributed by atoms with van der Waals surface area (Å²) in [5, 5.41) is 4.35. The van der Waals surface area contributed by atoms with Crippen molar-refractivity contribution in [3.63, 3.8) is 0 Å². The van der Waals surface area contributed by atoms with Gasteiger partial charge < -0.3 is 18.8 Å². The van der Waals surface area contributed by atoms with E-state index in [2.05, 4.69) is 15.0 Å². The van der Waals surface area contributed by atoms with E-state index in [0.717, 1.165) is 0 Å². The minimum absolute atomic E-state index is 0. The summed E-state index contributed by atoms with van der Waals surface area (Å²) in [4.78, 5) is 2.74. The van der Waals surface area contributed by atoms with Gasteiger partial charge in [-0.15, -0.1) is 0 Å². The molecule has 0 spiro atoms. The first-order chi connectivity index (χ1) is 27.6. The van der Waals surface area contributed by atoms with Gasteiger partial charge in [-0.1, -0.05) is 45.0 Å². The van der Waals surface area contributed by atoms with Crippen LogP contribution in [0.5, 0.6) is 0 Å². The molecular formula is C45H50N3NaO9S3. The normalized spacial score (nSPS) is 13.2. The zero-order valence-corrected chi connectivity index (χ0v) is 41.0. The molecule has 1 aliphatic carbocycles. The van der Waals surface area contributed by atoms with Crippen molar-refractivity contribution >= 4 is 58.3 Å². The van der Waals surface area contributed by atoms with Crippen molar-refractivity contribution in [1.29, 1.82) is 0 Å². The fraction of sp³-hybridized carbons (Fsp3) is 0.311. The molecule has 318 valence electrons. The van der Waals surface area contributed by atoms with Crippen molar-refractivity contribution in [3.05, 3.63) is 112 Å². The quantitative estimate of drug-likeness (QED) is 0.101. The number of hydrogen-bond donors (Lipinski definition) is 3. The van der Waals surface area contributed by atoms with Crippen LogP contribution in [0.25, 0.3) is 33.4 Å². The first kappa shape index (κ1) is 48.1. The van der Waals surface area contributed by atoms with Crippen LogP contribution in [0.4, 0.5) is 17.1 Å². The van der Waals surface area contributed by atoms with Crippen LogP contribution in [0.2, 0.25) is 0 Å². The number of rotatable bonds is 10. The molecular weight excluding hydrogens is 846 g/mol. The van der Waals surface area contributed by atoms with Crippen molar-refractivity contribution in [2.24, 2.45) is 5.41 Å². The first-order valence-electron chi connectivity index (χ1n) is 19.2. The van der Waals surface area contributed by atoms with Crippen LogP contribution in [-0.2, 0) is 30.3 Å². The van der Waals surface area contributed by atoms with E-state index in [1.165, 1.54) is 0 Å². The molecule has 0 fully saturated rings. The Morgan fingerprint density at radius 3 is 1.87 bits per heavy atom. The molecule has 12 nitrogen and oxygen atoms in total. The molecule has 0 saturated heterocycles. The van der Waals surface area contributed by atoms with Crippen molar-refractivity contribution in [3.8, 4) is 22.5 Å². The average molecular weight is 896 g/mol.